The summed E-state index contributed by atoms with van der Waals surface area (Å²) in [6.07, 6.45) is 9.15. The van der Waals surface area contributed by atoms with E-state index in [-0.39, 0.29) is 24.3 Å². The summed E-state index contributed by atoms with van der Waals surface area (Å²) in [5.74, 6) is -0.650. The molecule has 1 amide bonds. The average molecular weight is 281 g/mol. The van der Waals surface area contributed by atoms with Crippen LogP contribution in [0.3, 0.4) is 0 Å². The summed E-state index contributed by atoms with van der Waals surface area (Å²) < 4.78 is 0. The minimum atomic E-state index is -0.566. The lowest BCUT2D eigenvalue weighted by molar-refractivity contribution is -0.141. The Morgan fingerprint density at radius 2 is 2.15 bits per heavy atom. The van der Waals surface area contributed by atoms with Crippen LogP contribution in [0.5, 0.6) is 0 Å². The van der Waals surface area contributed by atoms with E-state index >= 15 is 0 Å². The number of likely N-dealkylation sites (tertiary alicyclic amines) is 1. The van der Waals surface area contributed by atoms with Gasteiger partial charge in [0.1, 0.15) is 5.78 Å². The summed E-state index contributed by atoms with van der Waals surface area (Å²) in [5, 5.41) is 9.24. The number of allylic oxidation sites excluding steroid dienone is 2. The maximum absolute atomic E-state index is 12.3. The van der Waals surface area contributed by atoms with E-state index in [1.165, 1.54) is 0 Å². The van der Waals surface area contributed by atoms with Gasteiger partial charge in [-0.1, -0.05) is 12.2 Å². The summed E-state index contributed by atoms with van der Waals surface area (Å²) in [7, 11) is 0. The molecule has 0 spiro atoms. The molecule has 1 heterocycles. The van der Waals surface area contributed by atoms with Crippen LogP contribution in [0, 0.1) is 5.92 Å². The molecule has 20 heavy (non-hydrogen) atoms. The van der Waals surface area contributed by atoms with Crippen molar-refractivity contribution in [3.05, 3.63) is 12.2 Å². The highest BCUT2D eigenvalue weighted by Gasteiger charge is 2.33. The summed E-state index contributed by atoms with van der Waals surface area (Å²) in [6.45, 7) is 4.35. The fraction of sp³-hybridized carbons (Fsp3) is 0.750. The van der Waals surface area contributed by atoms with Crippen LogP contribution in [0.2, 0.25) is 0 Å². The van der Waals surface area contributed by atoms with E-state index in [0.29, 0.717) is 13.0 Å². The van der Waals surface area contributed by atoms with Crippen LogP contribution >= 0.6 is 0 Å². The molecule has 1 fully saturated rings. The molecule has 0 aromatic rings. The molecule has 0 aromatic carbocycles. The second kappa shape index (κ2) is 8.90. The number of ketones is 1. The SMILES string of the molecule is C/C=C/CCCCC(=O)C(C)C(=O)N1CCCC1CO. The van der Waals surface area contributed by atoms with E-state index in [1.54, 1.807) is 11.8 Å². The summed E-state index contributed by atoms with van der Waals surface area (Å²) >= 11 is 0. The van der Waals surface area contributed by atoms with Crippen molar-refractivity contribution < 1.29 is 14.7 Å². The fourth-order valence-corrected chi connectivity index (χ4v) is 2.65. The van der Waals surface area contributed by atoms with Crippen LogP contribution in [0.4, 0.5) is 0 Å². The zero-order valence-electron chi connectivity index (χ0n) is 12.7. The summed E-state index contributed by atoms with van der Waals surface area (Å²) in [4.78, 5) is 26.0. The molecule has 0 bridgehead atoms. The van der Waals surface area contributed by atoms with Gasteiger partial charge in [-0.15, -0.1) is 0 Å². The first-order valence-corrected chi connectivity index (χ1v) is 7.67. The molecule has 1 saturated heterocycles. The van der Waals surface area contributed by atoms with Gasteiger partial charge in [-0.3, -0.25) is 9.59 Å². The first-order valence-electron chi connectivity index (χ1n) is 7.67. The Labute approximate surface area is 121 Å². The number of carbonyl (C=O) groups excluding carboxylic acids is 2. The molecule has 2 atom stereocenters. The molecule has 1 N–H and O–H groups in total. The number of hydrogen-bond donors (Lipinski definition) is 1. The predicted molar refractivity (Wildman–Crippen MR) is 79.3 cm³/mol. The fourth-order valence-electron chi connectivity index (χ4n) is 2.65. The van der Waals surface area contributed by atoms with Crippen LogP contribution < -0.4 is 0 Å². The van der Waals surface area contributed by atoms with Gasteiger partial charge in [0.15, 0.2) is 0 Å². The Morgan fingerprint density at radius 1 is 1.40 bits per heavy atom. The standard InChI is InChI=1S/C16H27NO3/c1-3-4-5-6-7-10-15(19)13(2)16(20)17-11-8-9-14(17)12-18/h3-4,13-14,18H,5-12H2,1-2H3/b4-3+. The molecule has 1 aliphatic rings. The molecule has 4 nitrogen and oxygen atoms in total. The largest absolute Gasteiger partial charge is 0.394 e. The normalized spacial score (nSPS) is 20.6. The van der Waals surface area contributed by atoms with Gasteiger partial charge in [0.2, 0.25) is 5.91 Å². The molecule has 0 aromatic heterocycles. The van der Waals surface area contributed by atoms with E-state index < -0.39 is 5.92 Å². The van der Waals surface area contributed by atoms with Gasteiger partial charge in [-0.2, -0.15) is 0 Å². The molecule has 4 heteroatoms. The Bertz CT molecular complexity index is 352. The maximum Gasteiger partial charge on any atom is 0.233 e. The Balaban J connectivity index is 2.37. The van der Waals surface area contributed by atoms with E-state index in [0.717, 1.165) is 32.1 Å². The van der Waals surface area contributed by atoms with Crippen molar-refractivity contribution in [2.24, 2.45) is 5.92 Å². The number of unbranched alkanes of at least 4 members (excludes halogenated alkanes) is 2. The lowest BCUT2D eigenvalue weighted by atomic mass is 9.99. The minimum absolute atomic E-state index is 0.00397. The van der Waals surface area contributed by atoms with Crippen molar-refractivity contribution in [1.82, 2.24) is 4.90 Å². The monoisotopic (exact) mass is 281 g/mol. The van der Waals surface area contributed by atoms with Gasteiger partial charge >= 0.3 is 0 Å². The molecule has 1 aliphatic heterocycles. The van der Waals surface area contributed by atoms with E-state index in [4.69, 9.17) is 0 Å². The van der Waals surface area contributed by atoms with Crippen LogP contribution in [0.1, 0.15) is 52.4 Å². The second-order valence-corrected chi connectivity index (χ2v) is 5.51. The number of amides is 1. The van der Waals surface area contributed by atoms with Crippen LogP contribution in [0.15, 0.2) is 12.2 Å². The Kier molecular flexibility index (Phi) is 7.52. The number of rotatable bonds is 8. The van der Waals surface area contributed by atoms with Crippen molar-refractivity contribution in [1.29, 1.82) is 0 Å². The van der Waals surface area contributed by atoms with Crippen LogP contribution in [-0.4, -0.2) is 40.9 Å². The zero-order valence-corrected chi connectivity index (χ0v) is 12.7. The van der Waals surface area contributed by atoms with Crippen molar-refractivity contribution in [2.75, 3.05) is 13.2 Å². The second-order valence-electron chi connectivity index (χ2n) is 5.51. The lowest BCUT2D eigenvalue weighted by Gasteiger charge is -2.25. The van der Waals surface area contributed by atoms with Gasteiger partial charge in [-0.05, 0) is 46.0 Å². The number of nitrogens with zero attached hydrogens (tertiary/aromatic N) is 1. The van der Waals surface area contributed by atoms with Gasteiger partial charge < -0.3 is 10.0 Å². The third-order valence-corrected chi connectivity index (χ3v) is 4.00. The first kappa shape index (κ1) is 16.9. The molecule has 1 rings (SSSR count). The summed E-state index contributed by atoms with van der Waals surface area (Å²) in [5.41, 5.74) is 0. The van der Waals surface area contributed by atoms with Gasteiger partial charge in [0.05, 0.1) is 18.6 Å². The molecule has 0 radical (unpaired) electrons. The molecule has 2 unspecified atom stereocenters. The van der Waals surface area contributed by atoms with Crippen molar-refractivity contribution in [3.8, 4) is 0 Å². The third kappa shape index (κ3) is 4.75. The van der Waals surface area contributed by atoms with E-state index in [2.05, 4.69) is 6.08 Å². The van der Waals surface area contributed by atoms with Gasteiger partial charge in [0.25, 0.3) is 0 Å². The highest BCUT2D eigenvalue weighted by molar-refractivity contribution is 6.01. The van der Waals surface area contributed by atoms with E-state index in [1.807, 2.05) is 13.0 Å². The Hall–Kier alpha value is -1.16. The topological polar surface area (TPSA) is 57.6 Å². The first-order chi connectivity index (χ1) is 9.61. The molecule has 114 valence electrons. The lowest BCUT2D eigenvalue weighted by Crippen LogP contribution is -2.42. The van der Waals surface area contributed by atoms with Gasteiger partial charge in [-0.25, -0.2) is 0 Å². The van der Waals surface area contributed by atoms with Crippen LogP contribution in [-0.2, 0) is 9.59 Å². The van der Waals surface area contributed by atoms with Crippen LogP contribution in [0.25, 0.3) is 0 Å². The summed E-state index contributed by atoms with van der Waals surface area (Å²) in [6, 6.07) is -0.0903. The zero-order chi connectivity index (χ0) is 15.0. The predicted octanol–water partition coefficient (Wildman–Crippen LogP) is 2.31. The average Bonchev–Trinajstić information content (AvgIpc) is 2.93. The number of hydrogen-bond acceptors (Lipinski definition) is 3. The third-order valence-electron chi connectivity index (χ3n) is 4.00. The number of Topliss-reactive ketones (excluding diaryl/α,β-unsaturated/α-hetero) is 1. The smallest absolute Gasteiger partial charge is 0.233 e. The van der Waals surface area contributed by atoms with Crippen molar-refractivity contribution in [2.45, 2.75) is 58.4 Å². The molecular weight excluding hydrogens is 254 g/mol. The maximum atomic E-state index is 12.3. The highest BCUT2D eigenvalue weighted by atomic mass is 16.3. The van der Waals surface area contributed by atoms with Crippen molar-refractivity contribution in [3.63, 3.8) is 0 Å². The van der Waals surface area contributed by atoms with E-state index in [9.17, 15) is 14.7 Å². The molecular formula is C16H27NO3. The molecule has 0 aliphatic carbocycles. The Morgan fingerprint density at radius 3 is 2.80 bits per heavy atom. The quantitative estimate of drug-likeness (QED) is 0.422. The number of aliphatic hydroxyl groups is 1. The highest BCUT2D eigenvalue weighted by Crippen LogP contribution is 2.20. The molecule has 0 saturated carbocycles. The number of carbonyl (C=O) groups is 2. The van der Waals surface area contributed by atoms with Crippen molar-refractivity contribution >= 4 is 11.7 Å². The minimum Gasteiger partial charge on any atom is -0.394 e. The van der Waals surface area contributed by atoms with Gasteiger partial charge in [0, 0.05) is 13.0 Å². The number of aliphatic hydroxyl groups excluding tert-OH is 1.